The minimum absolute atomic E-state index is 0. The molecule has 0 aliphatic carbocycles. The highest BCUT2D eigenvalue weighted by atomic mass is 35.5. The van der Waals surface area contributed by atoms with Crippen LogP contribution < -0.4 is 5.73 Å². The van der Waals surface area contributed by atoms with E-state index in [1.54, 1.807) is 0 Å². The van der Waals surface area contributed by atoms with Gasteiger partial charge in [0.15, 0.2) is 0 Å². The van der Waals surface area contributed by atoms with Gasteiger partial charge in [0.2, 0.25) is 0 Å². The van der Waals surface area contributed by atoms with Crippen LogP contribution in [0.15, 0.2) is 36.7 Å². The Morgan fingerprint density at radius 3 is 2.67 bits per heavy atom. The van der Waals surface area contributed by atoms with E-state index in [2.05, 4.69) is 43.2 Å². The Hall–Kier alpha value is -1.32. The molecular weight excluding hydrogens is 246 g/mol. The summed E-state index contributed by atoms with van der Waals surface area (Å²) in [7, 11) is 0. The lowest BCUT2D eigenvalue weighted by Gasteiger charge is -2.08. The van der Waals surface area contributed by atoms with E-state index < -0.39 is 0 Å². The highest BCUT2D eigenvalue weighted by Gasteiger charge is 2.02. The van der Waals surface area contributed by atoms with Crippen LogP contribution in [0.5, 0.6) is 0 Å². The van der Waals surface area contributed by atoms with Crippen molar-refractivity contribution in [3.05, 3.63) is 53.3 Å². The van der Waals surface area contributed by atoms with Crippen LogP contribution in [0.2, 0.25) is 0 Å². The molecule has 0 bridgehead atoms. The zero-order chi connectivity index (χ0) is 12.3. The maximum Gasteiger partial charge on any atom is 0.0659 e. The van der Waals surface area contributed by atoms with Gasteiger partial charge in [-0.3, -0.25) is 4.68 Å². The molecule has 2 rings (SSSR count). The van der Waals surface area contributed by atoms with Gasteiger partial charge in [-0.1, -0.05) is 38.1 Å². The van der Waals surface area contributed by atoms with Gasteiger partial charge < -0.3 is 5.73 Å². The van der Waals surface area contributed by atoms with Crippen molar-refractivity contribution in [2.24, 2.45) is 5.73 Å². The van der Waals surface area contributed by atoms with E-state index in [0.717, 1.165) is 12.1 Å². The predicted molar refractivity (Wildman–Crippen MR) is 77.0 cm³/mol. The molecule has 3 nitrogen and oxygen atoms in total. The Morgan fingerprint density at radius 2 is 2.06 bits per heavy atom. The number of hydrogen-bond acceptors (Lipinski definition) is 2. The fourth-order valence-corrected chi connectivity index (χ4v) is 1.84. The molecule has 0 aliphatic heterocycles. The minimum Gasteiger partial charge on any atom is -0.326 e. The van der Waals surface area contributed by atoms with Gasteiger partial charge in [-0.2, -0.15) is 5.10 Å². The lowest BCUT2D eigenvalue weighted by Crippen LogP contribution is -2.01. The molecule has 0 atom stereocenters. The third-order valence-electron chi connectivity index (χ3n) is 2.88. The fourth-order valence-electron chi connectivity index (χ4n) is 1.84. The van der Waals surface area contributed by atoms with Gasteiger partial charge in [-0.05, 0) is 17.0 Å². The van der Waals surface area contributed by atoms with Crippen LogP contribution in [-0.4, -0.2) is 9.78 Å². The Labute approximate surface area is 114 Å². The monoisotopic (exact) mass is 265 g/mol. The fraction of sp³-hybridized carbons (Fsp3) is 0.357. The van der Waals surface area contributed by atoms with Crippen LogP contribution in [0.3, 0.4) is 0 Å². The molecule has 1 aromatic carbocycles. The van der Waals surface area contributed by atoms with Crippen molar-refractivity contribution in [1.82, 2.24) is 9.78 Å². The number of nitrogens with zero attached hydrogens (tertiary/aromatic N) is 2. The van der Waals surface area contributed by atoms with Gasteiger partial charge >= 0.3 is 0 Å². The maximum absolute atomic E-state index is 5.57. The van der Waals surface area contributed by atoms with E-state index in [0.29, 0.717) is 12.5 Å². The number of hydrogen-bond donors (Lipinski definition) is 1. The van der Waals surface area contributed by atoms with Gasteiger partial charge in [-0.15, -0.1) is 12.4 Å². The highest BCUT2D eigenvalue weighted by molar-refractivity contribution is 5.85. The number of nitrogens with two attached hydrogens (primary N) is 1. The second-order valence-corrected chi connectivity index (χ2v) is 4.65. The van der Waals surface area contributed by atoms with E-state index in [1.807, 2.05) is 17.1 Å². The van der Waals surface area contributed by atoms with E-state index in [4.69, 9.17) is 5.73 Å². The molecule has 0 saturated heterocycles. The number of halogens is 1. The van der Waals surface area contributed by atoms with Crippen molar-refractivity contribution in [3.8, 4) is 0 Å². The zero-order valence-electron chi connectivity index (χ0n) is 10.8. The van der Waals surface area contributed by atoms with Crippen LogP contribution in [0.4, 0.5) is 0 Å². The third kappa shape index (κ3) is 3.59. The number of aromatic nitrogens is 2. The molecule has 0 radical (unpaired) electrons. The van der Waals surface area contributed by atoms with Gasteiger partial charge in [-0.25, -0.2) is 0 Å². The summed E-state index contributed by atoms with van der Waals surface area (Å²) in [5.74, 6) is 0.562. The lowest BCUT2D eigenvalue weighted by molar-refractivity contribution is 0.684. The average Bonchev–Trinajstić information content (AvgIpc) is 2.77. The van der Waals surface area contributed by atoms with E-state index >= 15 is 0 Å². The SMILES string of the molecule is CC(C)c1cccc(Cn2cc(CN)cn2)c1.Cl. The molecule has 1 heterocycles. The van der Waals surface area contributed by atoms with Crippen molar-refractivity contribution in [1.29, 1.82) is 0 Å². The Bertz CT molecular complexity index is 491. The maximum atomic E-state index is 5.57. The van der Waals surface area contributed by atoms with Crippen molar-refractivity contribution in [2.75, 3.05) is 0 Å². The van der Waals surface area contributed by atoms with Crippen LogP contribution in [0.25, 0.3) is 0 Å². The molecule has 2 aromatic rings. The van der Waals surface area contributed by atoms with Gasteiger partial charge in [0.25, 0.3) is 0 Å². The smallest absolute Gasteiger partial charge is 0.0659 e. The van der Waals surface area contributed by atoms with Crippen molar-refractivity contribution >= 4 is 12.4 Å². The Balaban J connectivity index is 0.00000162. The largest absolute Gasteiger partial charge is 0.326 e. The molecule has 4 heteroatoms. The molecule has 98 valence electrons. The average molecular weight is 266 g/mol. The summed E-state index contributed by atoms with van der Waals surface area (Å²) in [6, 6.07) is 8.66. The molecule has 1 aromatic heterocycles. The molecule has 0 saturated carbocycles. The predicted octanol–water partition coefficient (Wildman–Crippen LogP) is 2.94. The minimum atomic E-state index is 0. The second kappa shape index (κ2) is 6.57. The Morgan fingerprint density at radius 1 is 1.28 bits per heavy atom. The summed E-state index contributed by atoms with van der Waals surface area (Å²) in [5.41, 5.74) is 9.29. The quantitative estimate of drug-likeness (QED) is 0.924. The molecule has 2 N–H and O–H groups in total. The summed E-state index contributed by atoms with van der Waals surface area (Å²) < 4.78 is 1.93. The van der Waals surface area contributed by atoms with Crippen LogP contribution in [0.1, 0.15) is 36.5 Å². The molecule has 0 aliphatic rings. The molecule has 18 heavy (non-hydrogen) atoms. The van der Waals surface area contributed by atoms with E-state index in [9.17, 15) is 0 Å². The normalized spacial score (nSPS) is 10.4. The first-order valence-corrected chi connectivity index (χ1v) is 5.99. The van der Waals surface area contributed by atoms with Crippen molar-refractivity contribution < 1.29 is 0 Å². The van der Waals surface area contributed by atoms with E-state index in [-0.39, 0.29) is 12.4 Å². The second-order valence-electron chi connectivity index (χ2n) is 4.65. The lowest BCUT2D eigenvalue weighted by atomic mass is 10.0. The first-order chi connectivity index (χ1) is 8.19. The van der Waals surface area contributed by atoms with Crippen LogP contribution in [0, 0.1) is 0 Å². The van der Waals surface area contributed by atoms with Gasteiger partial charge in [0, 0.05) is 18.3 Å². The van der Waals surface area contributed by atoms with Crippen molar-refractivity contribution in [2.45, 2.75) is 32.9 Å². The number of rotatable bonds is 4. The van der Waals surface area contributed by atoms with Crippen molar-refractivity contribution in [3.63, 3.8) is 0 Å². The number of benzene rings is 1. The van der Waals surface area contributed by atoms with Gasteiger partial charge in [0.1, 0.15) is 0 Å². The zero-order valence-corrected chi connectivity index (χ0v) is 11.7. The van der Waals surface area contributed by atoms with Gasteiger partial charge in [0.05, 0.1) is 12.7 Å². The molecule has 0 fully saturated rings. The van der Waals surface area contributed by atoms with Crippen LogP contribution in [-0.2, 0) is 13.1 Å². The molecule has 0 unspecified atom stereocenters. The third-order valence-corrected chi connectivity index (χ3v) is 2.88. The topological polar surface area (TPSA) is 43.8 Å². The summed E-state index contributed by atoms with van der Waals surface area (Å²) >= 11 is 0. The summed E-state index contributed by atoms with van der Waals surface area (Å²) in [6.07, 6.45) is 3.83. The molecular formula is C14H20ClN3. The molecule has 0 amide bonds. The first-order valence-electron chi connectivity index (χ1n) is 5.99. The molecule has 0 spiro atoms. The Kier molecular flexibility index (Phi) is 5.38. The summed E-state index contributed by atoms with van der Waals surface area (Å²) in [4.78, 5) is 0. The standard InChI is InChI=1S/C14H19N3.ClH/c1-11(2)14-5-3-4-12(6-14)9-17-10-13(7-15)8-16-17;/h3-6,8,10-11H,7,9,15H2,1-2H3;1H. The van der Waals surface area contributed by atoms with Crippen LogP contribution >= 0.6 is 12.4 Å². The summed E-state index contributed by atoms with van der Waals surface area (Å²) in [6.45, 7) is 5.77. The first kappa shape index (κ1) is 14.7. The summed E-state index contributed by atoms with van der Waals surface area (Å²) in [5, 5.41) is 4.29. The van der Waals surface area contributed by atoms with E-state index in [1.165, 1.54) is 11.1 Å². The highest BCUT2D eigenvalue weighted by Crippen LogP contribution is 2.16.